The number of aliphatic carboxylic acids is 1. The molecule has 2 amide bonds. The van der Waals surface area contributed by atoms with Crippen LogP contribution < -0.4 is 10.6 Å². The fraction of sp³-hybridized carbons (Fsp3) is 0.308. The summed E-state index contributed by atoms with van der Waals surface area (Å²) in [5.41, 5.74) is 0.592. The Morgan fingerprint density at radius 3 is 2.62 bits per heavy atom. The van der Waals surface area contributed by atoms with Crippen molar-refractivity contribution in [2.75, 3.05) is 11.1 Å². The Kier molecular flexibility index (Phi) is 5.08. The lowest BCUT2D eigenvalue weighted by Crippen LogP contribution is -2.51. The fourth-order valence-corrected chi connectivity index (χ4v) is 3.06. The molecule has 0 spiro atoms. The van der Waals surface area contributed by atoms with Crippen LogP contribution in [0.2, 0.25) is 5.02 Å². The van der Waals surface area contributed by atoms with E-state index in [1.54, 1.807) is 24.3 Å². The smallest absolute Gasteiger partial charge is 0.327 e. The van der Waals surface area contributed by atoms with Crippen LogP contribution in [0.25, 0.3) is 0 Å². The molecule has 112 valence electrons. The summed E-state index contributed by atoms with van der Waals surface area (Å²) in [4.78, 5) is 34.4. The minimum absolute atomic E-state index is 0.00847. The minimum Gasteiger partial charge on any atom is -0.480 e. The average molecular weight is 329 g/mol. The molecule has 2 rings (SSSR count). The van der Waals surface area contributed by atoms with Crippen LogP contribution in [0.15, 0.2) is 24.3 Å². The zero-order chi connectivity index (χ0) is 15.4. The number of rotatable bonds is 4. The number of thioether (sulfide) groups is 1. The zero-order valence-corrected chi connectivity index (χ0v) is 12.4. The minimum atomic E-state index is -1.07. The van der Waals surface area contributed by atoms with Gasteiger partial charge in [-0.3, -0.25) is 9.59 Å². The van der Waals surface area contributed by atoms with Crippen LogP contribution in [-0.4, -0.2) is 39.9 Å². The molecule has 1 aliphatic heterocycles. The Morgan fingerprint density at radius 1 is 1.38 bits per heavy atom. The van der Waals surface area contributed by atoms with Gasteiger partial charge in [0.25, 0.3) is 0 Å². The average Bonchev–Trinajstić information content (AvgIpc) is 2.43. The van der Waals surface area contributed by atoms with Crippen molar-refractivity contribution in [1.82, 2.24) is 5.32 Å². The maximum Gasteiger partial charge on any atom is 0.327 e. The third-order valence-electron chi connectivity index (χ3n) is 2.87. The molecule has 0 aliphatic carbocycles. The molecule has 0 aromatic heterocycles. The maximum atomic E-state index is 11.9. The van der Waals surface area contributed by atoms with E-state index in [0.29, 0.717) is 10.7 Å². The van der Waals surface area contributed by atoms with Crippen LogP contribution in [0, 0.1) is 0 Å². The third-order valence-corrected chi connectivity index (χ3v) is 4.43. The first-order chi connectivity index (χ1) is 9.95. The standard InChI is InChI=1S/C13H13ClN2O4S/c14-7-1-3-8(4-2-7)15-11(17)5-10-12(18)16-9(6-21-10)13(19)20/h1-4,9-10H,5-6H2,(H,15,17)(H,16,18)(H,19,20)/t9-,10-/m0/s1. The Morgan fingerprint density at radius 2 is 2.05 bits per heavy atom. The lowest BCUT2D eigenvalue weighted by molar-refractivity contribution is -0.141. The van der Waals surface area contributed by atoms with Crippen LogP contribution in [0.3, 0.4) is 0 Å². The van der Waals surface area contributed by atoms with Gasteiger partial charge in [0.05, 0.1) is 5.25 Å². The summed E-state index contributed by atoms with van der Waals surface area (Å²) in [6.45, 7) is 0. The molecule has 1 aliphatic rings. The SMILES string of the molecule is O=C(C[C@@H]1SC[C@@H](C(=O)O)NC1=O)Nc1ccc(Cl)cc1. The molecule has 8 heteroatoms. The normalized spacial score (nSPS) is 21.5. The van der Waals surface area contributed by atoms with Crippen LogP contribution in [-0.2, 0) is 14.4 Å². The van der Waals surface area contributed by atoms with E-state index >= 15 is 0 Å². The van der Waals surface area contributed by atoms with Gasteiger partial charge in [0.2, 0.25) is 11.8 Å². The Labute approximate surface area is 130 Å². The molecule has 0 unspecified atom stereocenters. The van der Waals surface area contributed by atoms with E-state index in [0.717, 1.165) is 0 Å². The number of anilines is 1. The number of carbonyl (C=O) groups excluding carboxylic acids is 2. The predicted octanol–water partition coefficient (Wildman–Crippen LogP) is 1.35. The third kappa shape index (κ3) is 4.37. The second-order valence-electron chi connectivity index (χ2n) is 4.48. The predicted molar refractivity (Wildman–Crippen MR) is 80.5 cm³/mol. The van der Waals surface area contributed by atoms with Gasteiger partial charge in [-0.1, -0.05) is 11.6 Å². The maximum absolute atomic E-state index is 11.9. The molecule has 0 radical (unpaired) electrons. The van der Waals surface area contributed by atoms with E-state index in [1.165, 1.54) is 11.8 Å². The molecule has 3 N–H and O–H groups in total. The lowest BCUT2D eigenvalue weighted by Gasteiger charge is -2.25. The highest BCUT2D eigenvalue weighted by Gasteiger charge is 2.33. The van der Waals surface area contributed by atoms with Crippen LogP contribution in [0.5, 0.6) is 0 Å². The molecule has 1 heterocycles. The molecule has 1 fully saturated rings. The number of halogens is 1. The fourth-order valence-electron chi connectivity index (χ4n) is 1.79. The number of benzene rings is 1. The van der Waals surface area contributed by atoms with Gasteiger partial charge in [-0.05, 0) is 24.3 Å². The van der Waals surface area contributed by atoms with Gasteiger partial charge in [0.1, 0.15) is 6.04 Å². The quantitative estimate of drug-likeness (QED) is 0.775. The molecule has 1 saturated heterocycles. The number of amides is 2. The molecule has 21 heavy (non-hydrogen) atoms. The molecule has 0 saturated carbocycles. The summed E-state index contributed by atoms with van der Waals surface area (Å²) in [7, 11) is 0. The number of hydrogen-bond acceptors (Lipinski definition) is 4. The number of hydrogen-bond donors (Lipinski definition) is 3. The summed E-state index contributed by atoms with van der Waals surface area (Å²) in [6.07, 6.45) is -0.00847. The Bertz CT molecular complexity index is 564. The summed E-state index contributed by atoms with van der Waals surface area (Å²) in [5.74, 6) is -1.55. The van der Waals surface area contributed by atoms with Gasteiger partial charge in [-0.2, -0.15) is 0 Å². The number of carboxylic acid groups (broad SMARTS) is 1. The highest BCUT2D eigenvalue weighted by atomic mass is 35.5. The van der Waals surface area contributed by atoms with E-state index in [9.17, 15) is 14.4 Å². The van der Waals surface area contributed by atoms with Crippen LogP contribution in [0.4, 0.5) is 5.69 Å². The summed E-state index contributed by atoms with van der Waals surface area (Å²) >= 11 is 6.92. The van der Waals surface area contributed by atoms with E-state index in [-0.39, 0.29) is 18.1 Å². The number of carbonyl (C=O) groups is 3. The molecule has 2 atom stereocenters. The van der Waals surface area contributed by atoms with Crippen molar-refractivity contribution in [2.24, 2.45) is 0 Å². The molecular formula is C13H13ClN2O4S. The summed E-state index contributed by atoms with van der Waals surface area (Å²) in [5, 5.41) is 13.9. The van der Waals surface area contributed by atoms with Crippen molar-refractivity contribution in [3.63, 3.8) is 0 Å². The van der Waals surface area contributed by atoms with E-state index in [1.807, 2.05) is 0 Å². The Hall–Kier alpha value is -1.73. The van der Waals surface area contributed by atoms with Gasteiger partial charge in [-0.15, -0.1) is 11.8 Å². The largest absolute Gasteiger partial charge is 0.480 e. The van der Waals surface area contributed by atoms with Crippen molar-refractivity contribution >= 4 is 46.8 Å². The monoisotopic (exact) mass is 328 g/mol. The van der Waals surface area contributed by atoms with Gasteiger partial charge in [0.15, 0.2) is 0 Å². The topological polar surface area (TPSA) is 95.5 Å². The lowest BCUT2D eigenvalue weighted by atomic mass is 10.2. The molecular weight excluding hydrogens is 316 g/mol. The summed E-state index contributed by atoms with van der Waals surface area (Å²) < 4.78 is 0. The van der Waals surface area contributed by atoms with Crippen LogP contribution >= 0.6 is 23.4 Å². The molecule has 6 nitrogen and oxygen atoms in total. The van der Waals surface area contributed by atoms with E-state index < -0.39 is 23.2 Å². The highest BCUT2D eigenvalue weighted by molar-refractivity contribution is 8.00. The van der Waals surface area contributed by atoms with Gasteiger partial charge in [-0.25, -0.2) is 4.79 Å². The second-order valence-corrected chi connectivity index (χ2v) is 6.15. The molecule has 0 bridgehead atoms. The molecule has 1 aromatic rings. The van der Waals surface area contributed by atoms with Crippen molar-refractivity contribution in [3.8, 4) is 0 Å². The van der Waals surface area contributed by atoms with E-state index in [4.69, 9.17) is 16.7 Å². The van der Waals surface area contributed by atoms with Crippen molar-refractivity contribution < 1.29 is 19.5 Å². The molecule has 1 aromatic carbocycles. The zero-order valence-electron chi connectivity index (χ0n) is 10.8. The van der Waals surface area contributed by atoms with Gasteiger partial charge >= 0.3 is 5.97 Å². The van der Waals surface area contributed by atoms with Crippen molar-refractivity contribution in [2.45, 2.75) is 17.7 Å². The van der Waals surface area contributed by atoms with E-state index in [2.05, 4.69) is 10.6 Å². The number of nitrogens with one attached hydrogen (secondary N) is 2. The second kappa shape index (κ2) is 6.82. The van der Waals surface area contributed by atoms with Crippen molar-refractivity contribution in [3.05, 3.63) is 29.3 Å². The first-order valence-corrected chi connectivity index (χ1v) is 7.58. The van der Waals surface area contributed by atoms with Gasteiger partial charge < -0.3 is 15.7 Å². The Balaban J connectivity index is 1.87. The number of carboxylic acids is 1. The summed E-state index contributed by atoms with van der Waals surface area (Å²) in [6, 6.07) is 5.73. The first-order valence-electron chi connectivity index (χ1n) is 6.16. The van der Waals surface area contributed by atoms with Gasteiger partial charge in [0, 0.05) is 22.9 Å². The van der Waals surface area contributed by atoms with Crippen molar-refractivity contribution in [1.29, 1.82) is 0 Å². The van der Waals surface area contributed by atoms with Crippen LogP contribution in [0.1, 0.15) is 6.42 Å². The highest BCUT2D eigenvalue weighted by Crippen LogP contribution is 2.22. The first kappa shape index (κ1) is 15.7.